The number of benzene rings is 1. The third-order valence-corrected chi connectivity index (χ3v) is 3.60. The van der Waals surface area contributed by atoms with Gasteiger partial charge in [-0.3, -0.25) is 4.98 Å². The third-order valence-electron chi connectivity index (χ3n) is 3.31. The van der Waals surface area contributed by atoms with E-state index in [0.29, 0.717) is 5.88 Å². The number of halogens is 1. The molecule has 1 heterocycles. The number of ether oxygens (including phenoxy) is 1. The second-order valence-corrected chi connectivity index (χ2v) is 4.77. The lowest BCUT2D eigenvalue weighted by atomic mass is 10.1. The van der Waals surface area contributed by atoms with E-state index < -0.39 is 0 Å². The third kappa shape index (κ3) is 2.21. The Hall–Kier alpha value is -1.54. The summed E-state index contributed by atoms with van der Waals surface area (Å²) >= 11 is 5.88. The van der Waals surface area contributed by atoms with Gasteiger partial charge in [-0.05, 0) is 48.6 Å². The molecular weight excluding hydrogens is 246 g/mol. The molecule has 0 bridgehead atoms. The number of aromatic nitrogens is 1. The van der Waals surface area contributed by atoms with Crippen LogP contribution in [-0.4, -0.2) is 4.98 Å². The van der Waals surface area contributed by atoms with E-state index >= 15 is 0 Å². The summed E-state index contributed by atoms with van der Waals surface area (Å²) in [6, 6.07) is 8.20. The minimum absolute atomic E-state index is 0.433. The summed E-state index contributed by atoms with van der Waals surface area (Å²) in [5.41, 5.74) is 3.82. The Balaban J connectivity index is 1.88. The number of hydrogen-bond donors (Lipinski definition) is 0. The monoisotopic (exact) mass is 259 g/mol. The van der Waals surface area contributed by atoms with Crippen molar-refractivity contribution >= 4 is 11.6 Å². The summed E-state index contributed by atoms with van der Waals surface area (Å²) in [4.78, 5) is 4.08. The minimum Gasteiger partial charge on any atom is -0.455 e. The Morgan fingerprint density at radius 2 is 2.06 bits per heavy atom. The van der Waals surface area contributed by atoms with Crippen LogP contribution in [0.3, 0.4) is 0 Å². The van der Waals surface area contributed by atoms with Crippen molar-refractivity contribution in [2.45, 2.75) is 25.1 Å². The van der Waals surface area contributed by atoms with E-state index in [4.69, 9.17) is 16.3 Å². The van der Waals surface area contributed by atoms with Gasteiger partial charge >= 0.3 is 0 Å². The molecule has 0 atom stereocenters. The predicted molar refractivity (Wildman–Crippen MR) is 72.3 cm³/mol. The van der Waals surface area contributed by atoms with Crippen molar-refractivity contribution in [2.24, 2.45) is 0 Å². The second-order valence-electron chi connectivity index (χ2n) is 4.50. The second kappa shape index (κ2) is 4.99. The van der Waals surface area contributed by atoms with Crippen LogP contribution >= 0.6 is 11.6 Å². The van der Waals surface area contributed by atoms with Gasteiger partial charge in [-0.25, -0.2) is 0 Å². The zero-order valence-corrected chi connectivity index (χ0v) is 10.8. The van der Waals surface area contributed by atoms with Crippen LogP contribution in [0.25, 0.3) is 0 Å². The quantitative estimate of drug-likeness (QED) is 0.774. The van der Waals surface area contributed by atoms with Crippen LogP contribution in [0.2, 0.25) is 0 Å². The Labute approximate surface area is 112 Å². The molecule has 0 saturated heterocycles. The standard InChI is InChI=1S/C15H14ClNO/c16-9-13-6-7-17-10-15(13)18-14-5-4-11-2-1-3-12(11)8-14/h4-8,10H,1-3,9H2. The fourth-order valence-corrected chi connectivity index (χ4v) is 2.57. The maximum absolute atomic E-state index is 5.88. The minimum atomic E-state index is 0.433. The van der Waals surface area contributed by atoms with Gasteiger partial charge < -0.3 is 4.74 Å². The molecule has 92 valence electrons. The van der Waals surface area contributed by atoms with Gasteiger partial charge in [0.2, 0.25) is 0 Å². The average molecular weight is 260 g/mol. The van der Waals surface area contributed by atoms with E-state index in [-0.39, 0.29) is 0 Å². The van der Waals surface area contributed by atoms with Crippen LogP contribution in [0.4, 0.5) is 0 Å². The molecule has 0 saturated carbocycles. The van der Waals surface area contributed by atoms with Crippen molar-refractivity contribution in [3.05, 3.63) is 53.3 Å². The highest BCUT2D eigenvalue weighted by atomic mass is 35.5. The molecule has 2 nitrogen and oxygen atoms in total. The summed E-state index contributed by atoms with van der Waals surface area (Å²) in [5.74, 6) is 2.04. The van der Waals surface area contributed by atoms with Crippen LogP contribution < -0.4 is 4.74 Å². The maximum Gasteiger partial charge on any atom is 0.150 e. The fourth-order valence-electron chi connectivity index (χ4n) is 2.35. The normalized spacial score (nSPS) is 13.4. The molecule has 1 aliphatic rings. The molecule has 1 aliphatic carbocycles. The van der Waals surface area contributed by atoms with Crippen molar-refractivity contribution in [2.75, 3.05) is 0 Å². The van der Waals surface area contributed by atoms with Gasteiger partial charge in [-0.2, -0.15) is 0 Å². The summed E-state index contributed by atoms with van der Waals surface area (Å²) in [7, 11) is 0. The Bertz CT molecular complexity index is 568. The highest BCUT2D eigenvalue weighted by molar-refractivity contribution is 6.17. The van der Waals surface area contributed by atoms with Crippen molar-refractivity contribution in [3.63, 3.8) is 0 Å². The number of fused-ring (bicyclic) bond motifs is 1. The number of hydrogen-bond acceptors (Lipinski definition) is 2. The molecule has 2 aromatic rings. The highest BCUT2D eigenvalue weighted by Crippen LogP contribution is 2.30. The molecular formula is C15H14ClNO. The molecule has 1 aromatic heterocycles. The van der Waals surface area contributed by atoms with E-state index in [9.17, 15) is 0 Å². The van der Waals surface area contributed by atoms with Gasteiger partial charge in [-0.1, -0.05) is 6.07 Å². The van der Waals surface area contributed by atoms with Crippen LogP contribution in [0, 0.1) is 0 Å². The molecule has 3 rings (SSSR count). The van der Waals surface area contributed by atoms with Gasteiger partial charge in [0.15, 0.2) is 0 Å². The topological polar surface area (TPSA) is 22.1 Å². The SMILES string of the molecule is ClCc1ccncc1Oc1ccc2c(c1)CCC2. The first-order chi connectivity index (χ1) is 8.86. The maximum atomic E-state index is 5.88. The largest absolute Gasteiger partial charge is 0.455 e. The van der Waals surface area contributed by atoms with E-state index in [1.165, 1.54) is 24.0 Å². The van der Waals surface area contributed by atoms with Gasteiger partial charge in [0.05, 0.1) is 12.1 Å². The van der Waals surface area contributed by atoms with E-state index in [1.54, 1.807) is 12.4 Å². The van der Waals surface area contributed by atoms with Crippen LogP contribution in [-0.2, 0) is 18.7 Å². The number of aryl methyl sites for hydroxylation is 2. The zero-order valence-electron chi connectivity index (χ0n) is 10.0. The Morgan fingerprint density at radius 1 is 1.17 bits per heavy atom. The number of rotatable bonds is 3. The molecule has 0 amide bonds. The molecule has 1 aromatic carbocycles. The lowest BCUT2D eigenvalue weighted by molar-refractivity contribution is 0.475. The fraction of sp³-hybridized carbons (Fsp3) is 0.267. The molecule has 18 heavy (non-hydrogen) atoms. The lowest BCUT2D eigenvalue weighted by Crippen LogP contribution is -1.92. The first-order valence-corrected chi connectivity index (χ1v) is 6.69. The van der Waals surface area contributed by atoms with Crippen molar-refractivity contribution < 1.29 is 4.74 Å². The molecule has 0 aliphatic heterocycles. The molecule has 0 unspecified atom stereocenters. The van der Waals surface area contributed by atoms with E-state index in [1.807, 2.05) is 12.1 Å². The van der Waals surface area contributed by atoms with Crippen molar-refractivity contribution in [1.82, 2.24) is 4.98 Å². The van der Waals surface area contributed by atoms with E-state index in [0.717, 1.165) is 23.5 Å². The molecule has 0 spiro atoms. The van der Waals surface area contributed by atoms with Crippen LogP contribution in [0.1, 0.15) is 23.1 Å². The number of alkyl halides is 1. The van der Waals surface area contributed by atoms with Gasteiger partial charge in [0, 0.05) is 11.8 Å². The van der Waals surface area contributed by atoms with Crippen molar-refractivity contribution in [3.8, 4) is 11.5 Å². The summed E-state index contributed by atoms with van der Waals surface area (Å²) in [6.07, 6.45) is 7.04. The predicted octanol–water partition coefficient (Wildman–Crippen LogP) is 4.10. The average Bonchev–Trinajstić information content (AvgIpc) is 2.87. The summed E-state index contributed by atoms with van der Waals surface area (Å²) in [6.45, 7) is 0. The lowest BCUT2D eigenvalue weighted by Gasteiger charge is -2.10. The highest BCUT2D eigenvalue weighted by Gasteiger charge is 2.12. The zero-order chi connectivity index (χ0) is 12.4. The number of pyridine rings is 1. The Morgan fingerprint density at radius 3 is 2.94 bits per heavy atom. The van der Waals surface area contributed by atoms with Crippen molar-refractivity contribution in [1.29, 1.82) is 0 Å². The smallest absolute Gasteiger partial charge is 0.150 e. The molecule has 3 heteroatoms. The molecule has 0 N–H and O–H groups in total. The van der Waals surface area contributed by atoms with Gasteiger partial charge in [0.25, 0.3) is 0 Å². The number of nitrogens with zero attached hydrogens (tertiary/aromatic N) is 1. The molecule has 0 radical (unpaired) electrons. The first kappa shape index (κ1) is 11.5. The molecule has 0 fully saturated rings. The van der Waals surface area contributed by atoms with Gasteiger partial charge in [-0.15, -0.1) is 11.6 Å². The Kier molecular flexibility index (Phi) is 3.20. The van der Waals surface area contributed by atoms with Gasteiger partial charge in [0.1, 0.15) is 11.5 Å². The first-order valence-electron chi connectivity index (χ1n) is 6.15. The van der Waals surface area contributed by atoms with Crippen LogP contribution in [0.15, 0.2) is 36.7 Å². The van der Waals surface area contributed by atoms with Crippen LogP contribution in [0.5, 0.6) is 11.5 Å². The van der Waals surface area contributed by atoms with E-state index in [2.05, 4.69) is 17.1 Å². The summed E-state index contributed by atoms with van der Waals surface area (Å²) in [5, 5.41) is 0. The summed E-state index contributed by atoms with van der Waals surface area (Å²) < 4.78 is 5.88.